The molecule has 0 aliphatic carbocycles. The fraction of sp³-hybridized carbons (Fsp3) is 0.143. The number of hydrogen-bond acceptors (Lipinski definition) is 1. The zero-order valence-corrected chi connectivity index (χ0v) is 10.7. The van der Waals surface area contributed by atoms with Gasteiger partial charge >= 0.3 is 6.18 Å². The number of halogens is 3. The predicted molar refractivity (Wildman–Crippen MR) is 70.5 cm³/mol. The first-order chi connectivity index (χ1) is 9.50. The number of pyridine rings is 1. The molecule has 0 radical (unpaired) electrons. The van der Waals surface area contributed by atoms with E-state index in [1.165, 1.54) is 13.1 Å². The summed E-state index contributed by atoms with van der Waals surface area (Å²) in [6.45, 7) is 0. The molecule has 3 nitrogen and oxygen atoms in total. The molecule has 1 aromatic carbocycles. The van der Waals surface area contributed by atoms with Gasteiger partial charge in [0, 0.05) is 18.7 Å². The van der Waals surface area contributed by atoms with Crippen LogP contribution in [0.1, 0.15) is 11.1 Å². The monoisotopic (exact) mass is 280 g/mol. The Morgan fingerprint density at radius 1 is 1.20 bits per heavy atom. The second-order valence-electron chi connectivity index (χ2n) is 4.07. The van der Waals surface area contributed by atoms with E-state index in [0.717, 1.165) is 12.1 Å². The molecular formula is C14H13F3N3+. The van der Waals surface area contributed by atoms with Crippen molar-refractivity contribution in [2.75, 3.05) is 12.4 Å². The van der Waals surface area contributed by atoms with E-state index in [2.05, 4.69) is 15.3 Å². The maximum atomic E-state index is 12.7. The first-order valence-electron chi connectivity index (χ1n) is 5.88. The molecule has 104 valence electrons. The van der Waals surface area contributed by atoms with Gasteiger partial charge in [0.15, 0.2) is 12.4 Å². The third-order valence-corrected chi connectivity index (χ3v) is 2.66. The maximum Gasteiger partial charge on any atom is 0.416 e. The van der Waals surface area contributed by atoms with Crippen LogP contribution in [-0.4, -0.2) is 12.9 Å². The highest BCUT2D eigenvalue weighted by Crippen LogP contribution is 2.29. The Hall–Kier alpha value is -2.37. The van der Waals surface area contributed by atoms with Gasteiger partial charge in [0.05, 0.1) is 5.56 Å². The molecule has 2 aromatic rings. The van der Waals surface area contributed by atoms with Crippen molar-refractivity contribution in [1.82, 2.24) is 0 Å². The minimum Gasteiger partial charge on any atom is -0.335 e. The average molecular weight is 280 g/mol. The molecule has 1 heterocycles. The summed E-state index contributed by atoms with van der Waals surface area (Å²) >= 11 is 0. The molecule has 6 heteroatoms. The Morgan fingerprint density at radius 2 is 2.00 bits per heavy atom. The Kier molecular flexibility index (Phi) is 4.02. The normalized spacial score (nSPS) is 12.3. The summed E-state index contributed by atoms with van der Waals surface area (Å²) in [6.07, 6.45) is -0.938. The third kappa shape index (κ3) is 3.34. The number of benzene rings is 1. The lowest BCUT2D eigenvalue weighted by Crippen LogP contribution is -2.16. The largest absolute Gasteiger partial charge is 0.416 e. The number of alkyl halides is 3. The minimum absolute atomic E-state index is 0.371. The van der Waals surface area contributed by atoms with Crippen LogP contribution in [0.2, 0.25) is 0 Å². The van der Waals surface area contributed by atoms with E-state index in [1.807, 2.05) is 0 Å². The Labute approximate surface area is 114 Å². The van der Waals surface area contributed by atoms with Crippen molar-refractivity contribution in [3.8, 4) is 0 Å². The highest BCUT2D eigenvalue weighted by atomic mass is 19.4. The summed E-state index contributed by atoms with van der Waals surface area (Å²) < 4.78 is 38.1. The van der Waals surface area contributed by atoms with E-state index in [1.54, 1.807) is 30.6 Å². The molecule has 1 aromatic heterocycles. The lowest BCUT2D eigenvalue weighted by molar-refractivity contribution is -0.377. The summed E-state index contributed by atoms with van der Waals surface area (Å²) in [5.74, 6) is 0.371. The van der Waals surface area contributed by atoms with E-state index < -0.39 is 11.7 Å². The van der Waals surface area contributed by atoms with Crippen LogP contribution in [-0.2, 0) is 6.18 Å². The smallest absolute Gasteiger partial charge is 0.335 e. The average Bonchev–Trinajstić information content (AvgIpc) is 2.45. The van der Waals surface area contributed by atoms with E-state index in [0.29, 0.717) is 17.1 Å². The zero-order chi connectivity index (χ0) is 14.6. The number of anilines is 1. The highest BCUT2D eigenvalue weighted by molar-refractivity contribution is 6.08. The van der Waals surface area contributed by atoms with Crippen LogP contribution in [0.3, 0.4) is 0 Å². The quantitative estimate of drug-likeness (QED) is 0.666. The fourth-order valence-electron chi connectivity index (χ4n) is 1.71. The molecule has 2 rings (SSSR count). The Balaban J connectivity index is 2.29. The minimum atomic E-state index is -4.37. The molecule has 0 fully saturated rings. The van der Waals surface area contributed by atoms with Crippen molar-refractivity contribution >= 4 is 11.5 Å². The summed E-state index contributed by atoms with van der Waals surface area (Å²) in [5.41, 5.74) is 0.397. The first kappa shape index (κ1) is 14.0. The molecule has 20 heavy (non-hydrogen) atoms. The van der Waals surface area contributed by atoms with Crippen molar-refractivity contribution in [2.24, 2.45) is 4.99 Å². The van der Waals surface area contributed by atoms with E-state index in [9.17, 15) is 13.2 Å². The molecule has 0 atom stereocenters. The lowest BCUT2D eigenvalue weighted by atomic mass is 10.1. The number of rotatable bonds is 2. The van der Waals surface area contributed by atoms with E-state index in [-0.39, 0.29) is 0 Å². The van der Waals surface area contributed by atoms with Gasteiger partial charge in [-0.1, -0.05) is 12.1 Å². The van der Waals surface area contributed by atoms with Gasteiger partial charge in [0.25, 0.3) is 0 Å². The van der Waals surface area contributed by atoms with Crippen LogP contribution in [0.15, 0.2) is 53.8 Å². The first-order valence-corrected chi connectivity index (χ1v) is 5.88. The van der Waals surface area contributed by atoms with Crippen molar-refractivity contribution in [3.05, 3.63) is 59.9 Å². The molecular weight excluding hydrogens is 267 g/mol. The van der Waals surface area contributed by atoms with Crippen LogP contribution in [0.5, 0.6) is 0 Å². The van der Waals surface area contributed by atoms with Crippen molar-refractivity contribution in [2.45, 2.75) is 6.18 Å². The van der Waals surface area contributed by atoms with Gasteiger partial charge in [0.2, 0.25) is 0 Å². The van der Waals surface area contributed by atoms with Crippen LogP contribution in [0.4, 0.5) is 18.9 Å². The summed E-state index contributed by atoms with van der Waals surface area (Å²) in [6, 6.07) is 8.62. The van der Waals surface area contributed by atoms with Gasteiger partial charge < -0.3 is 5.32 Å². The number of aromatic amines is 1. The van der Waals surface area contributed by atoms with Gasteiger partial charge in [-0.05, 0) is 18.2 Å². The molecule has 0 aliphatic rings. The molecule has 0 unspecified atom stereocenters. The molecule has 0 saturated carbocycles. The van der Waals surface area contributed by atoms with Crippen molar-refractivity contribution < 1.29 is 18.2 Å². The molecule has 0 spiro atoms. The number of nitrogens with one attached hydrogen (secondary N) is 2. The van der Waals surface area contributed by atoms with E-state index >= 15 is 0 Å². The molecule has 0 saturated heterocycles. The summed E-state index contributed by atoms with van der Waals surface area (Å²) in [5, 5.41) is 2.98. The lowest BCUT2D eigenvalue weighted by Gasteiger charge is -2.11. The summed E-state index contributed by atoms with van der Waals surface area (Å²) in [4.78, 5) is 6.88. The van der Waals surface area contributed by atoms with Gasteiger partial charge in [-0.2, -0.15) is 13.2 Å². The third-order valence-electron chi connectivity index (χ3n) is 2.66. The van der Waals surface area contributed by atoms with Gasteiger partial charge in [-0.25, -0.2) is 4.98 Å². The standard InChI is InChI=1S/C14H12F3N3/c1-18-13(20-12-6-3-7-19-9-12)10-4-2-5-11(8-10)14(15,16)17/h2-9H,1H3,(H,18,20)/p+1. The molecule has 0 aliphatic heterocycles. The van der Waals surface area contributed by atoms with Crippen LogP contribution < -0.4 is 10.3 Å². The second kappa shape index (κ2) is 5.73. The molecule has 2 N–H and O–H groups in total. The highest BCUT2D eigenvalue weighted by Gasteiger charge is 2.30. The Morgan fingerprint density at radius 3 is 2.60 bits per heavy atom. The number of nitrogens with zero attached hydrogens (tertiary/aromatic N) is 1. The second-order valence-corrected chi connectivity index (χ2v) is 4.07. The molecule has 0 bridgehead atoms. The predicted octanol–water partition coefficient (Wildman–Crippen LogP) is 3.01. The number of aromatic nitrogens is 1. The van der Waals surface area contributed by atoms with Gasteiger partial charge in [0.1, 0.15) is 11.5 Å². The Bertz CT molecular complexity index is 607. The van der Waals surface area contributed by atoms with Crippen LogP contribution in [0.25, 0.3) is 0 Å². The zero-order valence-electron chi connectivity index (χ0n) is 10.7. The van der Waals surface area contributed by atoms with Gasteiger partial charge in [-0.15, -0.1) is 0 Å². The number of aliphatic imine (C=N–C) groups is 1. The molecule has 0 amide bonds. The number of amidine groups is 1. The summed E-state index contributed by atoms with van der Waals surface area (Å²) in [7, 11) is 1.52. The van der Waals surface area contributed by atoms with Crippen molar-refractivity contribution in [1.29, 1.82) is 0 Å². The van der Waals surface area contributed by atoms with Crippen molar-refractivity contribution in [3.63, 3.8) is 0 Å². The fourth-order valence-corrected chi connectivity index (χ4v) is 1.71. The maximum absolute atomic E-state index is 12.7. The van der Waals surface area contributed by atoms with Gasteiger partial charge in [-0.3, -0.25) is 4.99 Å². The number of hydrogen-bond donors (Lipinski definition) is 1. The topological polar surface area (TPSA) is 38.5 Å². The SMILES string of the molecule is CN=C(Nc1ccc[nH+]c1)c1cccc(C(F)(F)F)c1. The van der Waals surface area contributed by atoms with E-state index in [4.69, 9.17) is 0 Å². The number of H-pyrrole nitrogens is 1. The van der Waals surface area contributed by atoms with Crippen LogP contribution >= 0.6 is 0 Å². The van der Waals surface area contributed by atoms with Crippen LogP contribution in [0, 0.1) is 0 Å².